The van der Waals surface area contributed by atoms with Crippen LogP contribution in [-0.2, 0) is 6.42 Å². The Kier molecular flexibility index (Phi) is 5.10. The number of anilines is 1. The van der Waals surface area contributed by atoms with Gasteiger partial charge in [-0.15, -0.1) is 11.3 Å². The van der Waals surface area contributed by atoms with Crippen LogP contribution in [-0.4, -0.2) is 22.6 Å². The molecule has 112 valence electrons. The maximum absolute atomic E-state index is 11.0. The molecule has 0 radical (unpaired) electrons. The molecular formula is C14H17N3O3S. The van der Waals surface area contributed by atoms with Crippen LogP contribution in [0, 0.1) is 10.1 Å². The van der Waals surface area contributed by atoms with E-state index in [1.807, 2.05) is 19.2 Å². The largest absolute Gasteiger partial charge is 0.491 e. The van der Waals surface area contributed by atoms with Gasteiger partial charge in [-0.3, -0.25) is 10.1 Å². The van der Waals surface area contributed by atoms with Crippen LogP contribution in [0.3, 0.4) is 0 Å². The van der Waals surface area contributed by atoms with Crippen molar-refractivity contribution in [2.24, 2.45) is 0 Å². The molecule has 21 heavy (non-hydrogen) atoms. The molecule has 6 nitrogen and oxygen atoms in total. The van der Waals surface area contributed by atoms with E-state index >= 15 is 0 Å². The van der Waals surface area contributed by atoms with Gasteiger partial charge in [0.2, 0.25) is 0 Å². The summed E-state index contributed by atoms with van der Waals surface area (Å²) in [4.78, 5) is 14.7. The normalized spacial score (nSPS) is 10.6. The highest BCUT2D eigenvalue weighted by Gasteiger charge is 2.11. The van der Waals surface area contributed by atoms with Gasteiger partial charge in [-0.25, -0.2) is 4.98 Å². The second-order valence-electron chi connectivity index (χ2n) is 4.80. The monoisotopic (exact) mass is 307 g/mol. The van der Waals surface area contributed by atoms with Gasteiger partial charge in [-0.1, -0.05) is 0 Å². The summed E-state index contributed by atoms with van der Waals surface area (Å²) < 4.78 is 5.54. The minimum Gasteiger partial charge on any atom is -0.491 e. The van der Waals surface area contributed by atoms with Gasteiger partial charge in [0.25, 0.3) is 5.69 Å². The Morgan fingerprint density at radius 1 is 1.43 bits per heavy atom. The average Bonchev–Trinajstić information content (AvgIpc) is 2.90. The van der Waals surface area contributed by atoms with E-state index < -0.39 is 4.92 Å². The molecule has 0 saturated heterocycles. The minimum absolute atomic E-state index is 0.0179. The highest BCUT2D eigenvalue weighted by Crippen LogP contribution is 2.26. The lowest BCUT2D eigenvalue weighted by Gasteiger charge is -2.12. The van der Waals surface area contributed by atoms with Crippen molar-refractivity contribution in [3.05, 3.63) is 44.9 Å². The number of nitro groups is 1. The van der Waals surface area contributed by atoms with Crippen molar-refractivity contribution in [1.29, 1.82) is 0 Å². The number of non-ortho nitro benzene ring substituents is 1. The number of nitrogens with one attached hydrogen (secondary N) is 1. The Morgan fingerprint density at radius 3 is 2.86 bits per heavy atom. The highest BCUT2D eigenvalue weighted by molar-refractivity contribution is 7.07. The van der Waals surface area contributed by atoms with Crippen molar-refractivity contribution in [1.82, 2.24) is 4.98 Å². The van der Waals surface area contributed by atoms with Crippen LogP contribution in [0.4, 0.5) is 11.4 Å². The number of benzene rings is 1. The van der Waals surface area contributed by atoms with Gasteiger partial charge in [-0.2, -0.15) is 0 Å². The molecule has 0 fully saturated rings. The van der Waals surface area contributed by atoms with E-state index in [0.29, 0.717) is 18.0 Å². The van der Waals surface area contributed by atoms with Crippen LogP contribution >= 0.6 is 11.3 Å². The van der Waals surface area contributed by atoms with E-state index in [9.17, 15) is 10.1 Å². The topological polar surface area (TPSA) is 77.3 Å². The summed E-state index contributed by atoms with van der Waals surface area (Å²) >= 11 is 1.55. The maximum Gasteiger partial charge on any atom is 0.275 e. The van der Waals surface area contributed by atoms with Crippen molar-refractivity contribution in [3.8, 4) is 5.75 Å². The number of hydrogen-bond donors (Lipinski definition) is 1. The zero-order valence-electron chi connectivity index (χ0n) is 11.9. The summed E-state index contributed by atoms with van der Waals surface area (Å²) in [6.07, 6.45) is 0.738. The van der Waals surface area contributed by atoms with Crippen molar-refractivity contribution < 1.29 is 9.66 Å². The smallest absolute Gasteiger partial charge is 0.275 e. The first kappa shape index (κ1) is 15.2. The molecule has 1 aromatic heterocycles. The Morgan fingerprint density at radius 2 is 2.24 bits per heavy atom. The van der Waals surface area contributed by atoms with Crippen LogP contribution in [0.2, 0.25) is 0 Å². The lowest BCUT2D eigenvalue weighted by Crippen LogP contribution is -2.08. The van der Waals surface area contributed by atoms with Gasteiger partial charge in [0.05, 0.1) is 28.3 Å². The summed E-state index contributed by atoms with van der Waals surface area (Å²) in [7, 11) is 0. The number of nitro benzene ring substituents is 1. The van der Waals surface area contributed by atoms with Crippen LogP contribution in [0.15, 0.2) is 29.1 Å². The highest BCUT2D eigenvalue weighted by atomic mass is 32.1. The first-order valence-electron chi connectivity index (χ1n) is 6.61. The number of ether oxygens (including phenoxy) is 1. The van der Waals surface area contributed by atoms with Gasteiger partial charge in [-0.05, 0) is 13.8 Å². The summed E-state index contributed by atoms with van der Waals surface area (Å²) in [5, 5.41) is 16.1. The second kappa shape index (κ2) is 7.03. The van der Waals surface area contributed by atoms with Crippen molar-refractivity contribution in [2.45, 2.75) is 26.4 Å². The lowest BCUT2D eigenvalue weighted by atomic mass is 10.2. The van der Waals surface area contributed by atoms with Crippen molar-refractivity contribution >= 4 is 22.7 Å². The van der Waals surface area contributed by atoms with E-state index in [0.717, 1.165) is 12.1 Å². The van der Waals surface area contributed by atoms with Gasteiger partial charge in [0, 0.05) is 36.2 Å². The van der Waals surface area contributed by atoms with Crippen LogP contribution in [0.1, 0.15) is 19.5 Å². The fourth-order valence-electron chi connectivity index (χ4n) is 1.83. The van der Waals surface area contributed by atoms with Gasteiger partial charge >= 0.3 is 0 Å². The average molecular weight is 307 g/mol. The number of thiazole rings is 1. The predicted molar refractivity (Wildman–Crippen MR) is 83.2 cm³/mol. The minimum atomic E-state index is -0.418. The first-order chi connectivity index (χ1) is 10.0. The number of nitrogens with zero attached hydrogens (tertiary/aromatic N) is 2. The van der Waals surface area contributed by atoms with Gasteiger partial charge in [0.1, 0.15) is 5.75 Å². The van der Waals surface area contributed by atoms with Crippen molar-refractivity contribution in [3.63, 3.8) is 0 Å². The molecule has 0 unspecified atom stereocenters. The molecule has 7 heteroatoms. The van der Waals surface area contributed by atoms with Crippen LogP contribution < -0.4 is 10.1 Å². The molecule has 0 aliphatic carbocycles. The summed E-state index contributed by atoms with van der Waals surface area (Å²) in [5.41, 5.74) is 3.49. The summed E-state index contributed by atoms with van der Waals surface area (Å²) in [6.45, 7) is 4.42. The molecule has 0 amide bonds. The third-order valence-corrected chi connectivity index (χ3v) is 3.30. The molecule has 0 aliphatic heterocycles. The fraction of sp³-hybridized carbons (Fsp3) is 0.357. The summed E-state index contributed by atoms with van der Waals surface area (Å²) in [5.74, 6) is 0.496. The number of rotatable bonds is 7. The molecule has 0 aliphatic rings. The molecule has 0 saturated carbocycles. The molecule has 1 aromatic carbocycles. The van der Waals surface area contributed by atoms with Crippen LogP contribution in [0.5, 0.6) is 5.75 Å². The van der Waals surface area contributed by atoms with E-state index in [4.69, 9.17) is 4.74 Å². The molecule has 0 bridgehead atoms. The third-order valence-electron chi connectivity index (χ3n) is 2.67. The molecule has 0 spiro atoms. The Labute approximate surface area is 126 Å². The molecule has 2 aromatic rings. The molecule has 2 rings (SSSR count). The van der Waals surface area contributed by atoms with E-state index in [-0.39, 0.29) is 11.8 Å². The molecule has 1 heterocycles. The zero-order chi connectivity index (χ0) is 15.2. The first-order valence-corrected chi connectivity index (χ1v) is 7.56. The molecule has 0 atom stereocenters. The predicted octanol–water partition coefficient (Wildman–Crippen LogP) is 3.49. The van der Waals surface area contributed by atoms with E-state index in [1.165, 1.54) is 12.1 Å². The lowest BCUT2D eigenvalue weighted by molar-refractivity contribution is -0.384. The summed E-state index contributed by atoms with van der Waals surface area (Å²) in [6, 6.07) is 4.72. The van der Waals surface area contributed by atoms with E-state index in [2.05, 4.69) is 10.3 Å². The SMILES string of the molecule is CC(C)Oc1cc(NCCc2cscn2)cc([N+](=O)[O-])c1. The quantitative estimate of drug-likeness (QED) is 0.626. The van der Waals surface area contributed by atoms with Gasteiger partial charge < -0.3 is 10.1 Å². The fourth-order valence-corrected chi connectivity index (χ4v) is 2.42. The third kappa shape index (κ3) is 4.71. The number of hydrogen-bond acceptors (Lipinski definition) is 6. The molecule has 1 N–H and O–H groups in total. The van der Waals surface area contributed by atoms with Crippen molar-refractivity contribution in [2.75, 3.05) is 11.9 Å². The zero-order valence-corrected chi connectivity index (χ0v) is 12.7. The standard InChI is InChI=1S/C14H17N3O3S/c1-10(2)20-14-6-12(5-13(7-14)17(18)19)15-4-3-11-8-21-9-16-11/h5-10,15H,3-4H2,1-2H3. The Balaban J connectivity index is 2.06. The Hall–Kier alpha value is -2.15. The second-order valence-corrected chi connectivity index (χ2v) is 5.51. The van der Waals surface area contributed by atoms with Gasteiger partial charge in [0.15, 0.2) is 0 Å². The van der Waals surface area contributed by atoms with E-state index in [1.54, 1.807) is 22.9 Å². The molecular weight excluding hydrogens is 290 g/mol. The van der Waals surface area contributed by atoms with Crippen LogP contribution in [0.25, 0.3) is 0 Å². The Bertz CT molecular complexity index is 600. The number of aromatic nitrogens is 1. The maximum atomic E-state index is 11.0.